The first kappa shape index (κ1) is 11.0. The number of aliphatic hydroxyl groups is 1. The Kier molecular flexibility index (Phi) is 2.65. The van der Waals surface area contributed by atoms with Crippen molar-refractivity contribution >= 4 is 5.69 Å². The van der Waals surface area contributed by atoms with Crippen LogP contribution in [0.4, 0.5) is 5.69 Å². The van der Waals surface area contributed by atoms with Crippen LogP contribution in [0.2, 0.25) is 0 Å². The number of hydrogen-bond donors (Lipinski definition) is 2. The van der Waals surface area contributed by atoms with Gasteiger partial charge in [0.25, 0.3) is 5.69 Å². The highest BCUT2D eigenvalue weighted by Gasteiger charge is 2.34. The van der Waals surface area contributed by atoms with Crippen molar-refractivity contribution in [3.05, 3.63) is 39.4 Å². The molecule has 1 aliphatic rings. The summed E-state index contributed by atoms with van der Waals surface area (Å²) in [6, 6.07) is 4.76. The highest BCUT2D eigenvalue weighted by atomic mass is 16.6. The number of benzene rings is 1. The number of β-amino-alcohol motifs (C(OH)–C–C–N with tert-alkyl or cyclic N) is 1. The van der Waals surface area contributed by atoms with Gasteiger partial charge < -0.3 is 10.4 Å². The van der Waals surface area contributed by atoms with Crippen molar-refractivity contribution in [1.82, 2.24) is 5.32 Å². The summed E-state index contributed by atoms with van der Waals surface area (Å²) in [4.78, 5) is 10.2. The Balaban J connectivity index is 2.25. The van der Waals surface area contributed by atoms with Crippen LogP contribution in [0, 0.1) is 17.0 Å². The zero-order valence-electron chi connectivity index (χ0n) is 9.06. The topological polar surface area (TPSA) is 75.4 Å². The monoisotopic (exact) mass is 222 g/mol. The van der Waals surface area contributed by atoms with Crippen molar-refractivity contribution in [3.8, 4) is 0 Å². The molecule has 0 radical (unpaired) electrons. The van der Waals surface area contributed by atoms with Gasteiger partial charge in [0.2, 0.25) is 0 Å². The van der Waals surface area contributed by atoms with Crippen LogP contribution in [0.1, 0.15) is 11.1 Å². The normalized spacial score (nSPS) is 17.9. The van der Waals surface area contributed by atoms with Gasteiger partial charge in [0.15, 0.2) is 0 Å². The van der Waals surface area contributed by atoms with Gasteiger partial charge in [0, 0.05) is 31.6 Å². The second-order valence-electron chi connectivity index (χ2n) is 4.37. The molecule has 0 spiro atoms. The summed E-state index contributed by atoms with van der Waals surface area (Å²) in [5.41, 5.74) is 1.17. The molecule has 0 amide bonds. The molecule has 1 saturated heterocycles. The average molecular weight is 222 g/mol. The van der Waals surface area contributed by atoms with Crippen LogP contribution in [0.15, 0.2) is 18.2 Å². The predicted molar refractivity (Wildman–Crippen MR) is 59.4 cm³/mol. The molecule has 86 valence electrons. The number of nitro benzene ring substituents is 1. The van der Waals surface area contributed by atoms with Gasteiger partial charge in [-0.1, -0.05) is 6.07 Å². The van der Waals surface area contributed by atoms with Crippen molar-refractivity contribution in [2.45, 2.75) is 18.9 Å². The summed E-state index contributed by atoms with van der Waals surface area (Å²) in [6.07, 6.45) is 0.466. The molecule has 0 saturated carbocycles. The molecule has 5 heteroatoms. The largest absolute Gasteiger partial charge is 0.387 e. The first-order valence-corrected chi connectivity index (χ1v) is 5.17. The van der Waals surface area contributed by atoms with Gasteiger partial charge in [-0.05, 0) is 18.1 Å². The van der Waals surface area contributed by atoms with Gasteiger partial charge >= 0.3 is 0 Å². The lowest BCUT2D eigenvalue weighted by molar-refractivity contribution is -0.384. The maximum absolute atomic E-state index is 10.6. The van der Waals surface area contributed by atoms with E-state index in [1.165, 1.54) is 6.07 Å². The highest BCUT2D eigenvalue weighted by Crippen LogP contribution is 2.23. The molecule has 1 aromatic rings. The fraction of sp³-hybridized carbons (Fsp3) is 0.455. The molecule has 1 aromatic carbocycles. The molecular formula is C11H14N2O3. The van der Waals surface area contributed by atoms with Gasteiger partial charge in [-0.25, -0.2) is 0 Å². The van der Waals surface area contributed by atoms with Crippen LogP contribution in [0.25, 0.3) is 0 Å². The van der Waals surface area contributed by atoms with Crippen LogP contribution in [0.5, 0.6) is 0 Å². The lowest BCUT2D eigenvalue weighted by atomic mass is 9.87. The molecule has 1 aliphatic heterocycles. The number of nitro groups is 1. The average Bonchev–Trinajstić information content (AvgIpc) is 2.18. The molecule has 0 atom stereocenters. The van der Waals surface area contributed by atoms with Crippen molar-refractivity contribution in [2.24, 2.45) is 0 Å². The minimum atomic E-state index is -0.736. The van der Waals surface area contributed by atoms with Gasteiger partial charge in [0.05, 0.1) is 10.5 Å². The minimum absolute atomic E-state index is 0.0801. The molecule has 5 nitrogen and oxygen atoms in total. The van der Waals surface area contributed by atoms with Crippen molar-refractivity contribution in [2.75, 3.05) is 13.1 Å². The van der Waals surface area contributed by atoms with Crippen LogP contribution < -0.4 is 5.32 Å². The number of rotatable bonds is 3. The van der Waals surface area contributed by atoms with E-state index in [9.17, 15) is 15.2 Å². The molecule has 0 bridgehead atoms. The summed E-state index contributed by atoms with van der Waals surface area (Å²) in [6.45, 7) is 3.00. The Labute approximate surface area is 93.2 Å². The summed E-state index contributed by atoms with van der Waals surface area (Å²) >= 11 is 0. The van der Waals surface area contributed by atoms with Crippen LogP contribution >= 0.6 is 0 Å². The zero-order chi connectivity index (χ0) is 11.8. The van der Waals surface area contributed by atoms with Gasteiger partial charge in [-0.15, -0.1) is 0 Å². The second kappa shape index (κ2) is 3.84. The Morgan fingerprint density at radius 1 is 1.56 bits per heavy atom. The van der Waals surface area contributed by atoms with Crippen LogP contribution in [-0.2, 0) is 6.42 Å². The van der Waals surface area contributed by atoms with Crippen LogP contribution in [0.3, 0.4) is 0 Å². The van der Waals surface area contributed by atoms with E-state index in [2.05, 4.69) is 5.32 Å². The lowest BCUT2D eigenvalue weighted by Gasteiger charge is -2.38. The summed E-state index contributed by atoms with van der Waals surface area (Å²) in [5, 5.41) is 23.6. The van der Waals surface area contributed by atoms with Crippen molar-refractivity contribution in [3.63, 3.8) is 0 Å². The Morgan fingerprint density at radius 2 is 2.25 bits per heavy atom. The number of aryl methyl sites for hydroxylation is 1. The minimum Gasteiger partial charge on any atom is -0.387 e. The van der Waals surface area contributed by atoms with E-state index in [4.69, 9.17) is 0 Å². The smallest absolute Gasteiger partial charge is 0.269 e. The second-order valence-corrected chi connectivity index (χ2v) is 4.37. The van der Waals surface area contributed by atoms with E-state index < -0.39 is 10.5 Å². The fourth-order valence-electron chi connectivity index (χ4n) is 1.85. The lowest BCUT2D eigenvalue weighted by Crippen LogP contribution is -2.60. The molecule has 1 heterocycles. The third-order valence-electron chi connectivity index (χ3n) is 2.97. The molecule has 16 heavy (non-hydrogen) atoms. The highest BCUT2D eigenvalue weighted by molar-refractivity contribution is 5.40. The number of nitrogens with zero attached hydrogens (tertiary/aromatic N) is 1. The SMILES string of the molecule is Cc1ccc([N+](=O)[O-])cc1CC1(O)CNC1. The first-order chi connectivity index (χ1) is 7.50. The first-order valence-electron chi connectivity index (χ1n) is 5.17. The maximum Gasteiger partial charge on any atom is 0.269 e. The Hall–Kier alpha value is -1.46. The van der Waals surface area contributed by atoms with Crippen molar-refractivity contribution in [1.29, 1.82) is 0 Å². The van der Waals surface area contributed by atoms with E-state index >= 15 is 0 Å². The number of non-ortho nitro benzene ring substituents is 1. The third-order valence-corrected chi connectivity index (χ3v) is 2.97. The number of hydrogen-bond acceptors (Lipinski definition) is 4. The Bertz CT molecular complexity index is 427. The summed E-state index contributed by atoms with van der Waals surface area (Å²) in [5.74, 6) is 0. The maximum atomic E-state index is 10.6. The zero-order valence-corrected chi connectivity index (χ0v) is 9.06. The fourth-order valence-corrected chi connectivity index (χ4v) is 1.85. The Morgan fingerprint density at radius 3 is 2.75 bits per heavy atom. The summed E-state index contributed by atoms with van der Waals surface area (Å²) < 4.78 is 0. The standard InChI is InChI=1S/C11H14N2O3/c1-8-2-3-10(13(15)16)4-9(8)5-11(14)6-12-7-11/h2-4,12,14H,5-7H2,1H3. The quantitative estimate of drug-likeness (QED) is 0.585. The molecule has 0 aliphatic carbocycles. The molecule has 2 rings (SSSR count). The third kappa shape index (κ3) is 2.05. The molecular weight excluding hydrogens is 208 g/mol. The summed E-state index contributed by atoms with van der Waals surface area (Å²) in [7, 11) is 0. The van der Waals surface area contributed by atoms with Gasteiger partial charge in [-0.3, -0.25) is 10.1 Å². The van der Waals surface area contributed by atoms with E-state index in [0.717, 1.165) is 11.1 Å². The van der Waals surface area contributed by atoms with E-state index in [1.807, 2.05) is 6.92 Å². The molecule has 2 N–H and O–H groups in total. The predicted octanol–water partition coefficient (Wildman–Crippen LogP) is 0.780. The molecule has 0 aromatic heterocycles. The molecule has 0 unspecified atom stereocenters. The molecule has 1 fully saturated rings. The van der Waals surface area contributed by atoms with E-state index in [-0.39, 0.29) is 5.69 Å². The van der Waals surface area contributed by atoms with Gasteiger partial charge in [-0.2, -0.15) is 0 Å². The van der Waals surface area contributed by atoms with Crippen LogP contribution in [-0.4, -0.2) is 28.7 Å². The van der Waals surface area contributed by atoms with E-state index in [1.54, 1.807) is 12.1 Å². The van der Waals surface area contributed by atoms with Gasteiger partial charge in [0.1, 0.15) is 0 Å². The number of nitrogens with one attached hydrogen (secondary N) is 1. The van der Waals surface area contributed by atoms with Crippen molar-refractivity contribution < 1.29 is 10.0 Å². The van der Waals surface area contributed by atoms with E-state index in [0.29, 0.717) is 19.5 Å².